The third-order valence-electron chi connectivity index (χ3n) is 2.92. The zero-order valence-corrected chi connectivity index (χ0v) is 12.2. The first-order valence-electron chi connectivity index (χ1n) is 6.24. The van der Waals surface area contributed by atoms with E-state index < -0.39 is 34.3 Å². The maximum atomic E-state index is 11.8. The van der Waals surface area contributed by atoms with Gasteiger partial charge in [-0.25, -0.2) is 13.6 Å². The van der Waals surface area contributed by atoms with E-state index in [1.165, 1.54) is 24.3 Å². The van der Waals surface area contributed by atoms with Crippen LogP contribution in [0.1, 0.15) is 0 Å². The zero-order valence-electron chi connectivity index (χ0n) is 11.4. The molecule has 0 saturated carbocycles. The minimum atomic E-state index is -3.80. The van der Waals surface area contributed by atoms with Gasteiger partial charge in [0.05, 0.1) is 18.0 Å². The molecule has 0 bridgehead atoms. The fraction of sp³-hybridized carbons (Fsp3) is 0.250. The van der Waals surface area contributed by atoms with Crippen molar-refractivity contribution in [2.45, 2.75) is 4.90 Å². The number of rotatable bonds is 4. The van der Waals surface area contributed by atoms with Crippen LogP contribution in [0.25, 0.3) is 0 Å². The van der Waals surface area contributed by atoms with Crippen molar-refractivity contribution in [2.75, 3.05) is 25.0 Å². The van der Waals surface area contributed by atoms with Gasteiger partial charge in [-0.2, -0.15) is 0 Å². The Morgan fingerprint density at radius 2 is 1.73 bits per heavy atom. The van der Waals surface area contributed by atoms with E-state index in [0.717, 1.165) is 4.90 Å². The molecular weight excluding hydrogens is 312 g/mol. The summed E-state index contributed by atoms with van der Waals surface area (Å²) in [6, 6.07) is 5.20. The molecule has 10 heteroatoms. The van der Waals surface area contributed by atoms with Crippen molar-refractivity contribution in [3.63, 3.8) is 0 Å². The first kappa shape index (κ1) is 16.1. The van der Waals surface area contributed by atoms with Gasteiger partial charge in [0.25, 0.3) is 0 Å². The lowest BCUT2D eigenvalue weighted by Crippen LogP contribution is -2.54. The average molecular weight is 326 g/mol. The third kappa shape index (κ3) is 3.87. The number of hydrogen-bond donors (Lipinski definition) is 3. The van der Waals surface area contributed by atoms with E-state index in [1.807, 2.05) is 0 Å². The van der Waals surface area contributed by atoms with Crippen LogP contribution >= 0.6 is 0 Å². The summed E-state index contributed by atoms with van der Waals surface area (Å²) in [7, 11) is -3.80. The first-order chi connectivity index (χ1) is 10.3. The Hall–Kier alpha value is -2.30. The quantitative estimate of drug-likeness (QED) is 0.560. The molecule has 1 aliphatic heterocycles. The SMILES string of the molecule is NS(=O)(=O)c1ccc(NC(=O)CN2C(=O)CNCC2=O)cc1. The van der Waals surface area contributed by atoms with E-state index in [-0.39, 0.29) is 18.0 Å². The number of imide groups is 1. The van der Waals surface area contributed by atoms with Crippen LogP contribution in [0.4, 0.5) is 5.69 Å². The van der Waals surface area contributed by atoms with Gasteiger partial charge in [0.1, 0.15) is 6.54 Å². The van der Waals surface area contributed by atoms with Gasteiger partial charge >= 0.3 is 0 Å². The molecule has 1 aromatic carbocycles. The van der Waals surface area contributed by atoms with E-state index in [0.29, 0.717) is 5.69 Å². The van der Waals surface area contributed by atoms with Gasteiger partial charge in [0.15, 0.2) is 0 Å². The summed E-state index contributed by atoms with van der Waals surface area (Å²) in [5.74, 6) is -1.51. The molecular formula is C12H14N4O5S. The summed E-state index contributed by atoms with van der Waals surface area (Å²) < 4.78 is 22.2. The summed E-state index contributed by atoms with van der Waals surface area (Å²) in [6.45, 7) is -0.388. The van der Waals surface area contributed by atoms with Crippen molar-refractivity contribution in [2.24, 2.45) is 5.14 Å². The third-order valence-corrected chi connectivity index (χ3v) is 3.85. The summed E-state index contributed by atoms with van der Waals surface area (Å²) in [5.41, 5.74) is 0.326. The van der Waals surface area contributed by atoms with Crippen molar-refractivity contribution < 1.29 is 22.8 Å². The molecule has 1 saturated heterocycles. The molecule has 22 heavy (non-hydrogen) atoms. The standard InChI is InChI=1S/C12H14N4O5S/c13-22(20,21)9-3-1-8(2-4-9)15-10(17)7-16-11(18)5-14-6-12(16)19/h1-4,14H,5-7H2,(H,15,17)(H2,13,20,21). The topological polar surface area (TPSA) is 139 Å². The van der Waals surface area contributed by atoms with Crippen LogP contribution < -0.4 is 15.8 Å². The highest BCUT2D eigenvalue weighted by atomic mass is 32.2. The zero-order chi connectivity index (χ0) is 16.3. The molecule has 0 spiro atoms. The van der Waals surface area contributed by atoms with Gasteiger partial charge in [-0.1, -0.05) is 0 Å². The number of nitrogens with one attached hydrogen (secondary N) is 2. The van der Waals surface area contributed by atoms with Crippen LogP contribution in [0, 0.1) is 0 Å². The number of primary sulfonamides is 1. The van der Waals surface area contributed by atoms with Crippen molar-refractivity contribution in [3.05, 3.63) is 24.3 Å². The van der Waals surface area contributed by atoms with Crippen molar-refractivity contribution in [1.29, 1.82) is 0 Å². The normalized spacial score (nSPS) is 15.8. The Kier molecular flexibility index (Phi) is 4.54. The molecule has 0 aliphatic carbocycles. The molecule has 4 N–H and O–H groups in total. The first-order valence-corrected chi connectivity index (χ1v) is 7.78. The smallest absolute Gasteiger partial charge is 0.244 e. The molecule has 118 valence electrons. The van der Waals surface area contributed by atoms with E-state index in [9.17, 15) is 22.8 Å². The highest BCUT2D eigenvalue weighted by molar-refractivity contribution is 7.89. The molecule has 2 rings (SSSR count). The molecule has 1 aliphatic rings. The van der Waals surface area contributed by atoms with Crippen molar-refractivity contribution >= 4 is 33.4 Å². The second-order valence-corrected chi connectivity index (χ2v) is 6.16. The van der Waals surface area contributed by atoms with Gasteiger partial charge in [-0.3, -0.25) is 24.6 Å². The average Bonchev–Trinajstić information content (AvgIpc) is 2.43. The largest absolute Gasteiger partial charge is 0.325 e. The van der Waals surface area contributed by atoms with E-state index in [1.54, 1.807) is 0 Å². The number of sulfonamides is 1. The number of anilines is 1. The number of piperazine rings is 1. The molecule has 0 atom stereocenters. The maximum Gasteiger partial charge on any atom is 0.244 e. The monoisotopic (exact) mass is 326 g/mol. The Morgan fingerprint density at radius 1 is 1.18 bits per heavy atom. The molecule has 3 amide bonds. The van der Waals surface area contributed by atoms with Crippen molar-refractivity contribution in [1.82, 2.24) is 10.2 Å². The lowest BCUT2D eigenvalue weighted by molar-refractivity contribution is -0.148. The Bertz CT molecular complexity index is 698. The molecule has 1 aromatic rings. The lowest BCUT2D eigenvalue weighted by atomic mass is 10.3. The number of carbonyl (C=O) groups excluding carboxylic acids is 3. The summed E-state index contributed by atoms with van der Waals surface area (Å²) >= 11 is 0. The fourth-order valence-corrected chi connectivity index (χ4v) is 2.37. The lowest BCUT2D eigenvalue weighted by Gasteiger charge is -2.24. The Labute approximate surface area is 126 Å². The van der Waals surface area contributed by atoms with Crippen LogP contribution in [0.5, 0.6) is 0 Å². The highest BCUT2D eigenvalue weighted by Gasteiger charge is 2.27. The molecule has 0 aromatic heterocycles. The van der Waals surface area contributed by atoms with Crippen LogP contribution in [-0.2, 0) is 24.4 Å². The van der Waals surface area contributed by atoms with Gasteiger partial charge in [-0.15, -0.1) is 0 Å². The molecule has 9 nitrogen and oxygen atoms in total. The van der Waals surface area contributed by atoms with Crippen LogP contribution in [0.2, 0.25) is 0 Å². The summed E-state index contributed by atoms with van der Waals surface area (Å²) in [6.07, 6.45) is 0. The number of nitrogens with zero attached hydrogens (tertiary/aromatic N) is 1. The highest BCUT2D eigenvalue weighted by Crippen LogP contribution is 2.12. The van der Waals surface area contributed by atoms with E-state index in [2.05, 4.69) is 10.6 Å². The number of benzene rings is 1. The Morgan fingerprint density at radius 3 is 2.23 bits per heavy atom. The van der Waals surface area contributed by atoms with Gasteiger partial charge in [0, 0.05) is 5.69 Å². The fourth-order valence-electron chi connectivity index (χ4n) is 1.85. The van der Waals surface area contributed by atoms with Crippen LogP contribution in [0.3, 0.4) is 0 Å². The van der Waals surface area contributed by atoms with E-state index in [4.69, 9.17) is 5.14 Å². The number of nitrogens with two attached hydrogens (primary N) is 1. The molecule has 1 fully saturated rings. The van der Waals surface area contributed by atoms with Crippen molar-refractivity contribution in [3.8, 4) is 0 Å². The minimum Gasteiger partial charge on any atom is -0.325 e. The van der Waals surface area contributed by atoms with Crippen LogP contribution in [-0.4, -0.2) is 50.7 Å². The predicted molar refractivity (Wildman–Crippen MR) is 76.0 cm³/mol. The second kappa shape index (κ2) is 6.22. The summed E-state index contributed by atoms with van der Waals surface area (Å²) in [4.78, 5) is 35.7. The second-order valence-electron chi connectivity index (χ2n) is 4.59. The van der Waals surface area contributed by atoms with Crippen LogP contribution in [0.15, 0.2) is 29.2 Å². The number of amides is 3. The molecule has 0 unspecified atom stereocenters. The van der Waals surface area contributed by atoms with Gasteiger partial charge in [0.2, 0.25) is 27.7 Å². The minimum absolute atomic E-state index is 0.00206. The molecule has 0 radical (unpaired) electrons. The number of hydrogen-bond acceptors (Lipinski definition) is 6. The Balaban J connectivity index is 2.00. The van der Waals surface area contributed by atoms with Gasteiger partial charge in [-0.05, 0) is 24.3 Å². The predicted octanol–water partition coefficient (Wildman–Crippen LogP) is -1.77. The number of carbonyl (C=O) groups is 3. The maximum absolute atomic E-state index is 11.8. The summed E-state index contributed by atoms with van der Waals surface area (Å²) in [5, 5.41) is 10.0. The molecule has 1 heterocycles. The van der Waals surface area contributed by atoms with E-state index >= 15 is 0 Å². The van der Waals surface area contributed by atoms with Gasteiger partial charge < -0.3 is 5.32 Å².